The second-order valence-electron chi connectivity index (χ2n) is 8.90. The monoisotopic (exact) mass is 550 g/mol. The molecule has 4 aromatic carbocycles. The minimum absolute atomic E-state index is 0.561. The van der Waals surface area contributed by atoms with Gasteiger partial charge in [0.05, 0.1) is 0 Å². The molecule has 0 aromatic heterocycles. The third-order valence-electron chi connectivity index (χ3n) is 5.98. The van der Waals surface area contributed by atoms with Crippen molar-refractivity contribution in [1.82, 2.24) is 0 Å². The summed E-state index contributed by atoms with van der Waals surface area (Å²) >= 11 is 3.79. The van der Waals surface area contributed by atoms with Crippen LogP contribution in [-0.4, -0.2) is 0 Å². The number of benzene rings is 4. The summed E-state index contributed by atoms with van der Waals surface area (Å²) in [4.78, 5) is 5.46. The van der Waals surface area contributed by atoms with Crippen molar-refractivity contribution in [2.24, 2.45) is 0 Å². The summed E-state index contributed by atoms with van der Waals surface area (Å²) < 4.78 is 0. The Labute approximate surface area is 238 Å². The third-order valence-corrected chi connectivity index (χ3v) is 10.6. The molecule has 0 spiro atoms. The number of allylic oxidation sites excluding steroid dienone is 4. The first-order valence-corrected chi connectivity index (χ1v) is 16.2. The van der Waals surface area contributed by atoms with Crippen molar-refractivity contribution in [2.45, 2.75) is 41.9 Å². The van der Waals surface area contributed by atoms with Gasteiger partial charge in [0.2, 0.25) is 0 Å². The second kappa shape index (κ2) is 16.2. The van der Waals surface area contributed by atoms with Crippen LogP contribution < -0.4 is 10.6 Å². The van der Waals surface area contributed by atoms with Crippen LogP contribution in [-0.2, 0) is 0 Å². The lowest BCUT2D eigenvalue weighted by molar-refractivity contribution is 0.691. The van der Waals surface area contributed by atoms with Gasteiger partial charge in [-0.3, -0.25) is 0 Å². The molecule has 3 heteroatoms. The van der Waals surface area contributed by atoms with Gasteiger partial charge in [-0.1, -0.05) is 146 Å². The van der Waals surface area contributed by atoms with E-state index in [1.54, 1.807) is 0 Å². The van der Waals surface area contributed by atoms with Crippen LogP contribution in [0.4, 0.5) is 0 Å². The molecule has 4 rings (SSSR count). The average Bonchev–Trinajstić information content (AvgIpc) is 2.97. The van der Waals surface area contributed by atoms with Crippen molar-refractivity contribution in [3.8, 4) is 0 Å². The Morgan fingerprint density at radius 1 is 0.553 bits per heavy atom. The molecule has 0 saturated carbocycles. The molecule has 0 bridgehead atoms. The largest absolute Gasteiger partial charge is 0.0990 e. The van der Waals surface area contributed by atoms with Crippen LogP contribution in [0.3, 0.4) is 0 Å². The van der Waals surface area contributed by atoms with Crippen molar-refractivity contribution < 1.29 is 0 Å². The summed E-state index contributed by atoms with van der Waals surface area (Å²) in [5.74, 6) is 2.56. The zero-order valence-corrected chi connectivity index (χ0v) is 24.3. The van der Waals surface area contributed by atoms with E-state index in [-0.39, 0.29) is 0 Å². The topological polar surface area (TPSA) is 0 Å². The molecule has 0 radical (unpaired) electrons. The van der Waals surface area contributed by atoms with E-state index in [1.165, 1.54) is 49.5 Å². The van der Waals surface area contributed by atoms with E-state index in [0.717, 1.165) is 12.8 Å². The smallest absolute Gasteiger partial charge is 0.0119 e. The van der Waals surface area contributed by atoms with Gasteiger partial charge in [-0.15, -0.1) is 0 Å². The van der Waals surface area contributed by atoms with Crippen LogP contribution in [0.5, 0.6) is 0 Å². The van der Waals surface area contributed by atoms with Crippen molar-refractivity contribution in [3.05, 3.63) is 156 Å². The van der Waals surface area contributed by atoms with Gasteiger partial charge in [0, 0.05) is 9.79 Å². The molecule has 0 unspecified atom stereocenters. The van der Waals surface area contributed by atoms with Gasteiger partial charge in [0.25, 0.3) is 0 Å². The van der Waals surface area contributed by atoms with Crippen molar-refractivity contribution in [1.29, 1.82) is 0 Å². The molecule has 0 aliphatic rings. The third kappa shape index (κ3) is 9.52. The molecule has 0 atom stereocenters. The fourth-order valence-electron chi connectivity index (χ4n) is 4.12. The first-order chi connectivity index (χ1) is 18.8. The first kappa shape index (κ1) is 28.2. The fraction of sp³-hybridized carbons (Fsp3) is 0.143. The zero-order valence-electron chi connectivity index (χ0n) is 21.8. The predicted octanol–water partition coefficient (Wildman–Crippen LogP) is 10.6. The molecule has 0 nitrogen and oxygen atoms in total. The highest BCUT2D eigenvalue weighted by Gasteiger charge is 2.13. The number of thioether (sulfide) groups is 2. The molecule has 192 valence electrons. The molecule has 0 fully saturated rings. The minimum atomic E-state index is -0.561. The average molecular weight is 551 g/mol. The molecular weight excluding hydrogens is 515 g/mol. The van der Waals surface area contributed by atoms with E-state index in [4.69, 9.17) is 0 Å². The van der Waals surface area contributed by atoms with E-state index in [9.17, 15) is 0 Å². The number of hydrogen-bond donors (Lipinski definition) is 0. The number of hydrogen-bond acceptors (Lipinski definition) is 2. The number of unbranched alkanes of at least 4 members (excludes halogenated alkanes) is 2. The lowest BCUT2D eigenvalue weighted by Crippen LogP contribution is -2.09. The van der Waals surface area contributed by atoms with Gasteiger partial charge < -0.3 is 0 Å². The lowest BCUT2D eigenvalue weighted by atomic mass is 10.1. The van der Waals surface area contributed by atoms with Gasteiger partial charge >= 0.3 is 0 Å². The molecule has 4 aromatic rings. The Morgan fingerprint density at radius 2 is 0.974 bits per heavy atom. The summed E-state index contributed by atoms with van der Waals surface area (Å²) in [5.41, 5.74) is 0. The number of rotatable bonds is 14. The van der Waals surface area contributed by atoms with Crippen LogP contribution >= 0.6 is 31.4 Å². The molecule has 38 heavy (non-hydrogen) atoms. The normalized spacial score (nSPS) is 12.0. The SMILES string of the molecule is C=C/C=C(\CCCCC/C(=C/P(c1ccccc1)c1ccccc1)Sc1ccccc1)Sc1ccccc1. The maximum Gasteiger partial charge on any atom is 0.0119 e. The highest BCUT2D eigenvalue weighted by molar-refractivity contribution is 8.03. The standard InChI is InChI=1S/C35H35PS2/c1-2-18-32(37-33-24-13-5-14-25-33)23-12-7-17-28-35(38-34-26-15-6-16-27-34)29-36(30-19-8-3-9-20-30)31-21-10-4-11-22-31/h2-6,8-11,13-16,18-22,24-27,29H,1,7,12,17,23,28H2/b32-18+,35-29-. The van der Waals surface area contributed by atoms with Crippen molar-refractivity contribution >= 4 is 42.1 Å². The van der Waals surface area contributed by atoms with Crippen LogP contribution in [0.25, 0.3) is 0 Å². The van der Waals surface area contributed by atoms with Gasteiger partial charge in [-0.2, -0.15) is 0 Å². The van der Waals surface area contributed by atoms with Gasteiger partial charge in [0.1, 0.15) is 0 Å². The molecule has 0 N–H and O–H groups in total. The summed E-state index contributed by atoms with van der Waals surface area (Å²) in [5, 5.41) is 2.80. The summed E-state index contributed by atoms with van der Waals surface area (Å²) in [6, 6.07) is 43.4. The molecule has 0 amide bonds. The van der Waals surface area contributed by atoms with Gasteiger partial charge in [-0.05, 0) is 84.1 Å². The molecule has 0 aliphatic heterocycles. The summed E-state index contributed by atoms with van der Waals surface area (Å²) in [7, 11) is -0.561. The lowest BCUT2D eigenvalue weighted by Gasteiger charge is -2.17. The Hall–Kier alpha value is -2.77. The Balaban J connectivity index is 1.44. The Bertz CT molecular complexity index is 1240. The van der Waals surface area contributed by atoms with Gasteiger partial charge in [-0.25, -0.2) is 0 Å². The molecule has 0 aliphatic carbocycles. The van der Waals surface area contributed by atoms with E-state index >= 15 is 0 Å². The van der Waals surface area contributed by atoms with Crippen LogP contribution in [0.15, 0.2) is 165 Å². The molecule has 0 saturated heterocycles. The maximum atomic E-state index is 3.93. The summed E-state index contributed by atoms with van der Waals surface area (Å²) in [6.45, 7) is 3.93. The molecular formula is C35H35PS2. The summed E-state index contributed by atoms with van der Waals surface area (Å²) in [6.07, 6.45) is 9.87. The van der Waals surface area contributed by atoms with Crippen molar-refractivity contribution in [2.75, 3.05) is 0 Å². The second-order valence-corrected chi connectivity index (χ2v) is 13.3. The minimum Gasteiger partial charge on any atom is -0.0990 e. The quantitative estimate of drug-likeness (QED) is 0.0663. The Morgan fingerprint density at radius 3 is 1.45 bits per heavy atom. The maximum absolute atomic E-state index is 3.93. The zero-order chi connectivity index (χ0) is 26.3. The van der Waals surface area contributed by atoms with E-state index in [0.29, 0.717) is 0 Å². The first-order valence-electron chi connectivity index (χ1n) is 13.2. The highest BCUT2D eigenvalue weighted by atomic mass is 32.2. The highest BCUT2D eigenvalue weighted by Crippen LogP contribution is 2.42. The predicted molar refractivity (Wildman–Crippen MR) is 173 cm³/mol. The van der Waals surface area contributed by atoms with Crippen molar-refractivity contribution in [3.63, 3.8) is 0 Å². The Kier molecular flexibility index (Phi) is 12.1. The van der Waals surface area contributed by atoms with E-state index in [1.807, 2.05) is 29.6 Å². The van der Waals surface area contributed by atoms with E-state index < -0.39 is 7.92 Å². The van der Waals surface area contributed by atoms with Crippen LogP contribution in [0, 0.1) is 0 Å². The van der Waals surface area contributed by atoms with Crippen LogP contribution in [0.1, 0.15) is 32.1 Å². The van der Waals surface area contributed by atoms with E-state index in [2.05, 4.69) is 140 Å². The van der Waals surface area contributed by atoms with Crippen LogP contribution in [0.2, 0.25) is 0 Å². The van der Waals surface area contributed by atoms with Gasteiger partial charge in [0.15, 0.2) is 0 Å². The molecule has 0 heterocycles. The fourth-order valence-corrected chi connectivity index (χ4v) is 8.49.